The van der Waals surface area contributed by atoms with Crippen LogP contribution in [0.5, 0.6) is 0 Å². The molecule has 1 aliphatic rings. The van der Waals surface area contributed by atoms with Gasteiger partial charge in [0.2, 0.25) is 0 Å². The summed E-state index contributed by atoms with van der Waals surface area (Å²) in [6.07, 6.45) is -7.20. The van der Waals surface area contributed by atoms with E-state index in [1.54, 1.807) is 6.92 Å². The first kappa shape index (κ1) is 23.7. The van der Waals surface area contributed by atoms with Crippen LogP contribution in [0.4, 0.5) is 26.3 Å². The van der Waals surface area contributed by atoms with E-state index in [4.69, 9.17) is 4.74 Å². The first-order valence-electron chi connectivity index (χ1n) is 10.1. The molecule has 6 nitrogen and oxygen atoms in total. The Kier molecular flexibility index (Phi) is 5.88. The van der Waals surface area contributed by atoms with E-state index >= 15 is 0 Å². The summed E-state index contributed by atoms with van der Waals surface area (Å²) in [5.41, 5.74) is -2.59. The van der Waals surface area contributed by atoms with Crippen LogP contribution < -0.4 is 0 Å². The van der Waals surface area contributed by atoms with Gasteiger partial charge in [0, 0.05) is 5.56 Å². The molecule has 1 saturated heterocycles. The minimum absolute atomic E-state index is 0.0208. The highest BCUT2D eigenvalue weighted by atomic mass is 19.4. The van der Waals surface area contributed by atoms with Crippen LogP contribution in [0.15, 0.2) is 61.2 Å². The van der Waals surface area contributed by atoms with Gasteiger partial charge in [0.05, 0.1) is 24.2 Å². The van der Waals surface area contributed by atoms with Gasteiger partial charge < -0.3 is 9.64 Å². The fourth-order valence-corrected chi connectivity index (χ4v) is 3.91. The first-order chi connectivity index (χ1) is 15.9. The van der Waals surface area contributed by atoms with E-state index in [1.807, 2.05) is 0 Å². The Bertz CT molecular complexity index is 1140. The molecule has 2 heterocycles. The smallest absolute Gasteiger partial charge is 0.344 e. The number of benzene rings is 2. The number of hydrogen-bond donors (Lipinski definition) is 0. The Morgan fingerprint density at radius 3 is 2.06 bits per heavy atom. The van der Waals surface area contributed by atoms with Gasteiger partial charge >= 0.3 is 12.4 Å². The highest BCUT2D eigenvalue weighted by Crippen LogP contribution is 2.39. The summed E-state index contributed by atoms with van der Waals surface area (Å²) >= 11 is 0. The zero-order chi connectivity index (χ0) is 24.7. The van der Waals surface area contributed by atoms with Gasteiger partial charge in [0.15, 0.2) is 0 Å². The van der Waals surface area contributed by atoms with Crippen molar-refractivity contribution in [2.75, 3.05) is 6.54 Å². The maximum atomic E-state index is 13.1. The van der Waals surface area contributed by atoms with Crippen molar-refractivity contribution in [3.63, 3.8) is 0 Å². The molecule has 4 rings (SSSR count). The van der Waals surface area contributed by atoms with Crippen molar-refractivity contribution in [1.82, 2.24) is 19.7 Å². The molecular formula is C22H18F6N4O2. The second-order valence-electron chi connectivity index (χ2n) is 7.89. The van der Waals surface area contributed by atoms with Gasteiger partial charge in [-0.25, -0.2) is 9.67 Å². The van der Waals surface area contributed by atoms with Gasteiger partial charge in [-0.3, -0.25) is 4.79 Å². The van der Waals surface area contributed by atoms with Crippen LogP contribution >= 0.6 is 0 Å². The minimum atomic E-state index is -4.54. The molecule has 0 spiro atoms. The van der Waals surface area contributed by atoms with E-state index < -0.39 is 41.2 Å². The molecule has 0 N–H and O–H groups in total. The molecule has 0 bridgehead atoms. The molecule has 0 aliphatic carbocycles. The van der Waals surface area contributed by atoms with Crippen LogP contribution in [0.1, 0.15) is 34.0 Å². The van der Waals surface area contributed by atoms with E-state index in [1.165, 1.54) is 34.4 Å². The number of rotatable bonds is 4. The van der Waals surface area contributed by atoms with Crippen molar-refractivity contribution in [3.05, 3.63) is 83.4 Å². The van der Waals surface area contributed by atoms with Crippen molar-refractivity contribution >= 4 is 5.91 Å². The van der Waals surface area contributed by atoms with Gasteiger partial charge in [-0.1, -0.05) is 12.1 Å². The number of halogens is 6. The summed E-state index contributed by atoms with van der Waals surface area (Å²) < 4.78 is 85.2. The Hall–Kier alpha value is -3.41. The summed E-state index contributed by atoms with van der Waals surface area (Å²) in [4.78, 5) is 18.3. The van der Waals surface area contributed by atoms with Crippen molar-refractivity contribution in [2.45, 2.75) is 37.7 Å². The third-order valence-electron chi connectivity index (χ3n) is 5.60. The standard InChI is InChI=1S/C22H18F6N4O2/c1-14-32(19(33)15-2-4-17(5-3-15)21(23,24)25)11-20(34-14,10-31-13-29-12-30-31)16-6-8-18(9-7-16)22(26,27)28/h2-9,12-14H,10-11H2,1H3. The summed E-state index contributed by atoms with van der Waals surface area (Å²) in [6.45, 7) is 1.55. The van der Waals surface area contributed by atoms with Gasteiger partial charge in [0.25, 0.3) is 5.91 Å². The third kappa shape index (κ3) is 4.63. The largest absolute Gasteiger partial charge is 0.416 e. The zero-order valence-electron chi connectivity index (χ0n) is 17.6. The lowest BCUT2D eigenvalue weighted by atomic mass is 9.92. The van der Waals surface area contributed by atoms with E-state index in [9.17, 15) is 31.1 Å². The molecule has 180 valence electrons. The quantitative estimate of drug-likeness (QED) is 0.503. The Morgan fingerprint density at radius 1 is 1.00 bits per heavy atom. The van der Waals surface area contributed by atoms with E-state index in [-0.39, 0.29) is 18.7 Å². The van der Waals surface area contributed by atoms with Gasteiger partial charge in [-0.2, -0.15) is 31.4 Å². The van der Waals surface area contributed by atoms with Crippen molar-refractivity contribution in [2.24, 2.45) is 0 Å². The molecule has 0 radical (unpaired) electrons. The lowest BCUT2D eigenvalue weighted by Crippen LogP contribution is -2.39. The second-order valence-corrected chi connectivity index (χ2v) is 7.89. The van der Waals surface area contributed by atoms with Crippen LogP contribution in [0, 0.1) is 0 Å². The Labute approximate surface area is 189 Å². The molecule has 0 saturated carbocycles. The SMILES string of the molecule is CC1OC(Cn2cncn2)(c2ccc(C(F)(F)F)cc2)CN1C(=O)c1ccc(C(F)(F)F)cc1. The lowest BCUT2D eigenvalue weighted by molar-refractivity contribution is -0.138. The molecule has 34 heavy (non-hydrogen) atoms. The molecule has 1 amide bonds. The molecular weight excluding hydrogens is 466 g/mol. The van der Waals surface area contributed by atoms with Gasteiger partial charge in [0.1, 0.15) is 24.5 Å². The monoisotopic (exact) mass is 484 g/mol. The van der Waals surface area contributed by atoms with E-state index in [0.29, 0.717) is 5.56 Å². The first-order valence-corrected chi connectivity index (χ1v) is 10.1. The number of amides is 1. The topological polar surface area (TPSA) is 60.2 Å². The normalized spacial score (nSPS) is 21.1. The molecule has 1 aliphatic heterocycles. The van der Waals surface area contributed by atoms with Crippen LogP contribution in [-0.2, 0) is 29.2 Å². The Balaban J connectivity index is 1.65. The summed E-state index contributed by atoms with van der Waals surface area (Å²) in [5, 5.41) is 4.03. The van der Waals surface area contributed by atoms with Crippen molar-refractivity contribution in [1.29, 1.82) is 0 Å². The van der Waals surface area contributed by atoms with E-state index in [0.717, 1.165) is 36.4 Å². The molecule has 3 aromatic rings. The number of alkyl halides is 6. The Morgan fingerprint density at radius 2 is 1.56 bits per heavy atom. The lowest BCUT2D eigenvalue weighted by Gasteiger charge is -2.28. The average molecular weight is 484 g/mol. The summed E-state index contributed by atoms with van der Waals surface area (Å²) in [6, 6.07) is 8.18. The molecule has 2 unspecified atom stereocenters. The number of carbonyl (C=O) groups excluding carboxylic acids is 1. The second kappa shape index (κ2) is 8.42. The summed E-state index contributed by atoms with van der Waals surface area (Å²) in [7, 11) is 0. The van der Waals surface area contributed by atoms with Gasteiger partial charge in [-0.15, -0.1) is 0 Å². The molecule has 2 atom stereocenters. The fraction of sp³-hybridized carbons (Fsp3) is 0.318. The minimum Gasteiger partial charge on any atom is -0.344 e. The predicted octanol–water partition coefficient (Wildman–Crippen LogP) is 4.73. The van der Waals surface area contributed by atoms with E-state index in [2.05, 4.69) is 10.1 Å². The number of carbonyl (C=O) groups is 1. The molecule has 1 aromatic heterocycles. The van der Waals surface area contributed by atoms with Gasteiger partial charge in [-0.05, 0) is 48.9 Å². The molecule has 2 aromatic carbocycles. The number of hydrogen-bond acceptors (Lipinski definition) is 4. The highest BCUT2D eigenvalue weighted by molar-refractivity contribution is 5.94. The van der Waals surface area contributed by atoms with Crippen molar-refractivity contribution < 1.29 is 35.9 Å². The van der Waals surface area contributed by atoms with Crippen LogP contribution in [0.2, 0.25) is 0 Å². The highest BCUT2D eigenvalue weighted by Gasteiger charge is 2.47. The van der Waals surface area contributed by atoms with Crippen LogP contribution in [0.3, 0.4) is 0 Å². The number of ether oxygens (including phenoxy) is 1. The van der Waals surface area contributed by atoms with Crippen molar-refractivity contribution in [3.8, 4) is 0 Å². The molecule has 12 heteroatoms. The fourth-order valence-electron chi connectivity index (χ4n) is 3.91. The number of nitrogens with zero attached hydrogens (tertiary/aromatic N) is 4. The average Bonchev–Trinajstić information content (AvgIpc) is 3.40. The predicted molar refractivity (Wildman–Crippen MR) is 106 cm³/mol. The molecule has 1 fully saturated rings. The summed E-state index contributed by atoms with van der Waals surface area (Å²) in [5.74, 6) is -0.575. The number of aromatic nitrogens is 3. The third-order valence-corrected chi connectivity index (χ3v) is 5.60. The van der Waals surface area contributed by atoms with Crippen LogP contribution in [-0.4, -0.2) is 38.3 Å². The zero-order valence-corrected chi connectivity index (χ0v) is 17.6. The maximum absolute atomic E-state index is 13.1. The van der Waals surface area contributed by atoms with Crippen LogP contribution in [0.25, 0.3) is 0 Å². The maximum Gasteiger partial charge on any atom is 0.416 e.